The number of ether oxygens (including phenoxy) is 1. The number of methoxy groups -OCH3 is 1. The highest BCUT2D eigenvalue weighted by atomic mass is 16.5. The van der Waals surface area contributed by atoms with E-state index >= 15 is 0 Å². The van der Waals surface area contributed by atoms with E-state index in [1.807, 2.05) is 29.2 Å². The Hall–Kier alpha value is -2.08. The normalized spacial score (nSPS) is 20.5. The summed E-state index contributed by atoms with van der Waals surface area (Å²) in [7, 11) is 1.62. The Bertz CT molecular complexity index is 756. The highest BCUT2D eigenvalue weighted by molar-refractivity contribution is 6.07. The number of carbonyl (C=O) groups is 2. The van der Waals surface area contributed by atoms with Gasteiger partial charge in [-0.2, -0.15) is 0 Å². The maximum Gasteiger partial charge on any atom is 0.327 e. The molecule has 30 heavy (non-hydrogen) atoms. The summed E-state index contributed by atoms with van der Waals surface area (Å²) >= 11 is 0. The zero-order valence-corrected chi connectivity index (χ0v) is 19.2. The topological polar surface area (TPSA) is 53.1 Å². The van der Waals surface area contributed by atoms with Gasteiger partial charge in [-0.05, 0) is 56.2 Å². The van der Waals surface area contributed by atoms with Crippen LogP contribution in [0.4, 0.5) is 4.79 Å². The average molecular weight is 416 g/mol. The lowest BCUT2D eigenvalue weighted by atomic mass is 9.84. The van der Waals surface area contributed by atoms with Crippen LogP contribution < -0.4 is 4.74 Å². The Morgan fingerprint density at radius 2 is 1.83 bits per heavy atom. The fourth-order valence-corrected chi connectivity index (χ4v) is 4.65. The quantitative estimate of drug-likeness (QED) is 0.599. The second-order valence-electron chi connectivity index (χ2n) is 9.18. The number of carbonyl (C=O) groups excluding carboxylic acids is 2. The van der Waals surface area contributed by atoms with Crippen LogP contribution in [-0.4, -0.2) is 65.0 Å². The van der Waals surface area contributed by atoms with Gasteiger partial charge in [0, 0.05) is 25.7 Å². The molecular formula is C24H37N3O3. The third-order valence-electron chi connectivity index (χ3n) is 6.87. The van der Waals surface area contributed by atoms with Crippen LogP contribution in [0.2, 0.25) is 0 Å². The molecule has 0 N–H and O–H groups in total. The number of benzene rings is 1. The van der Waals surface area contributed by atoms with Crippen molar-refractivity contribution in [2.75, 3.05) is 26.7 Å². The Labute approximate surface area is 181 Å². The minimum Gasteiger partial charge on any atom is -0.497 e. The summed E-state index contributed by atoms with van der Waals surface area (Å²) in [5.41, 5.74) is 0.225. The van der Waals surface area contributed by atoms with E-state index in [1.54, 1.807) is 7.11 Å². The van der Waals surface area contributed by atoms with Crippen LogP contribution in [0.1, 0.15) is 58.9 Å². The Morgan fingerprint density at radius 1 is 1.13 bits per heavy atom. The molecule has 0 radical (unpaired) electrons. The molecule has 0 bridgehead atoms. The van der Waals surface area contributed by atoms with E-state index in [2.05, 4.69) is 32.6 Å². The molecule has 3 amide bonds. The smallest absolute Gasteiger partial charge is 0.327 e. The summed E-state index contributed by atoms with van der Waals surface area (Å²) in [6.45, 7) is 11.4. The van der Waals surface area contributed by atoms with E-state index < -0.39 is 5.54 Å². The fraction of sp³-hybridized carbons (Fsp3) is 0.667. The lowest BCUT2D eigenvalue weighted by molar-refractivity contribution is -0.136. The van der Waals surface area contributed by atoms with Gasteiger partial charge in [-0.1, -0.05) is 32.9 Å². The first-order valence-corrected chi connectivity index (χ1v) is 11.3. The third kappa shape index (κ3) is 4.34. The monoisotopic (exact) mass is 415 g/mol. The van der Waals surface area contributed by atoms with Gasteiger partial charge in [-0.15, -0.1) is 0 Å². The van der Waals surface area contributed by atoms with Crippen LogP contribution in [-0.2, 0) is 11.3 Å². The molecule has 1 spiro atoms. The van der Waals surface area contributed by atoms with Crippen molar-refractivity contribution >= 4 is 11.9 Å². The molecule has 3 rings (SSSR count). The molecule has 0 aliphatic carbocycles. The first-order chi connectivity index (χ1) is 14.3. The van der Waals surface area contributed by atoms with Crippen molar-refractivity contribution in [3.63, 3.8) is 0 Å². The molecule has 2 fully saturated rings. The van der Waals surface area contributed by atoms with Crippen LogP contribution in [0.5, 0.6) is 5.75 Å². The summed E-state index contributed by atoms with van der Waals surface area (Å²) in [5.74, 6) is 1.19. The number of hydrogen-bond donors (Lipinski definition) is 0. The number of likely N-dealkylation sites (tertiary alicyclic amines) is 1. The van der Waals surface area contributed by atoms with E-state index in [1.165, 1.54) is 4.90 Å². The summed E-state index contributed by atoms with van der Waals surface area (Å²) in [5, 5.41) is 0. The summed E-state index contributed by atoms with van der Waals surface area (Å²) < 4.78 is 5.31. The zero-order chi connectivity index (χ0) is 21.9. The van der Waals surface area contributed by atoms with Gasteiger partial charge in [0.2, 0.25) is 0 Å². The van der Waals surface area contributed by atoms with E-state index in [0.717, 1.165) is 37.2 Å². The van der Waals surface area contributed by atoms with Crippen molar-refractivity contribution in [2.24, 2.45) is 5.92 Å². The number of imide groups is 1. The van der Waals surface area contributed by atoms with Gasteiger partial charge >= 0.3 is 6.03 Å². The van der Waals surface area contributed by atoms with Gasteiger partial charge in [0.25, 0.3) is 5.91 Å². The highest BCUT2D eigenvalue weighted by Crippen LogP contribution is 2.39. The van der Waals surface area contributed by atoms with Crippen molar-refractivity contribution in [3.8, 4) is 5.75 Å². The molecule has 0 unspecified atom stereocenters. The Morgan fingerprint density at radius 3 is 2.43 bits per heavy atom. The van der Waals surface area contributed by atoms with Gasteiger partial charge in [0.15, 0.2) is 0 Å². The van der Waals surface area contributed by atoms with Crippen molar-refractivity contribution < 1.29 is 14.3 Å². The second kappa shape index (κ2) is 9.38. The Kier molecular flexibility index (Phi) is 7.06. The van der Waals surface area contributed by atoms with Crippen molar-refractivity contribution in [1.82, 2.24) is 14.7 Å². The van der Waals surface area contributed by atoms with Gasteiger partial charge in [0.05, 0.1) is 13.7 Å². The fourth-order valence-electron chi connectivity index (χ4n) is 4.65. The van der Waals surface area contributed by atoms with Crippen LogP contribution in [0, 0.1) is 5.92 Å². The van der Waals surface area contributed by atoms with E-state index in [0.29, 0.717) is 37.9 Å². The number of nitrogens with zero attached hydrogens (tertiary/aromatic N) is 3. The van der Waals surface area contributed by atoms with Crippen LogP contribution in [0.25, 0.3) is 0 Å². The minimum atomic E-state index is -0.686. The van der Waals surface area contributed by atoms with Crippen molar-refractivity contribution in [3.05, 3.63) is 29.8 Å². The molecule has 1 atom stereocenters. The molecule has 2 aliphatic heterocycles. The molecule has 2 heterocycles. The standard InChI is InChI=1S/C24H37N3O3/c1-6-19(4)25-14-11-24(12-15-25)22(28)26(23(29)27(24)13-10-18(2)3)17-20-8-7-9-21(16-20)30-5/h7-9,16,18-19H,6,10-15,17H2,1-5H3/t19-/m1/s1. The number of urea groups is 1. The molecule has 2 aliphatic rings. The summed E-state index contributed by atoms with van der Waals surface area (Å²) in [6.07, 6.45) is 3.44. The molecule has 1 aromatic rings. The maximum absolute atomic E-state index is 13.7. The molecule has 0 saturated carbocycles. The van der Waals surface area contributed by atoms with Crippen molar-refractivity contribution in [2.45, 2.75) is 71.5 Å². The summed E-state index contributed by atoms with van der Waals surface area (Å²) in [4.78, 5) is 32.9. The van der Waals surface area contributed by atoms with E-state index in [4.69, 9.17) is 4.74 Å². The van der Waals surface area contributed by atoms with E-state index in [-0.39, 0.29) is 11.9 Å². The van der Waals surface area contributed by atoms with Gasteiger partial charge in [-0.3, -0.25) is 9.69 Å². The first-order valence-electron chi connectivity index (χ1n) is 11.3. The Balaban J connectivity index is 1.84. The van der Waals surface area contributed by atoms with Crippen LogP contribution >= 0.6 is 0 Å². The van der Waals surface area contributed by atoms with Crippen LogP contribution in [0.15, 0.2) is 24.3 Å². The maximum atomic E-state index is 13.7. The number of rotatable bonds is 8. The van der Waals surface area contributed by atoms with E-state index in [9.17, 15) is 9.59 Å². The number of piperidine rings is 1. The number of hydrogen-bond acceptors (Lipinski definition) is 4. The largest absolute Gasteiger partial charge is 0.497 e. The number of amides is 3. The second-order valence-corrected chi connectivity index (χ2v) is 9.18. The molecule has 166 valence electrons. The molecule has 6 nitrogen and oxygen atoms in total. The van der Waals surface area contributed by atoms with Crippen LogP contribution in [0.3, 0.4) is 0 Å². The predicted molar refractivity (Wildman–Crippen MR) is 118 cm³/mol. The molecular weight excluding hydrogens is 378 g/mol. The third-order valence-corrected chi connectivity index (χ3v) is 6.87. The van der Waals surface area contributed by atoms with Gasteiger partial charge < -0.3 is 14.5 Å². The lowest BCUT2D eigenvalue weighted by Gasteiger charge is -2.44. The molecule has 6 heteroatoms. The predicted octanol–water partition coefficient (Wildman–Crippen LogP) is 4.14. The minimum absolute atomic E-state index is 0.0251. The zero-order valence-electron chi connectivity index (χ0n) is 19.2. The average Bonchev–Trinajstić information content (AvgIpc) is 2.93. The molecule has 2 saturated heterocycles. The van der Waals surface area contributed by atoms with Crippen molar-refractivity contribution in [1.29, 1.82) is 0 Å². The highest BCUT2D eigenvalue weighted by Gasteiger charge is 2.57. The van der Waals surface area contributed by atoms with Gasteiger partial charge in [0.1, 0.15) is 11.3 Å². The lowest BCUT2D eigenvalue weighted by Crippen LogP contribution is -2.57. The SMILES string of the molecule is CC[C@@H](C)N1CCC2(CC1)C(=O)N(Cc1cccc(OC)c1)C(=O)N2CCC(C)C. The summed E-state index contributed by atoms with van der Waals surface area (Å²) in [6, 6.07) is 7.98. The molecule has 1 aromatic carbocycles. The first kappa shape index (κ1) is 22.6. The molecule has 0 aromatic heterocycles. The van der Waals surface area contributed by atoms with Gasteiger partial charge in [-0.25, -0.2) is 4.79 Å².